The van der Waals surface area contributed by atoms with Crippen LogP contribution in [0.25, 0.3) is 0 Å². The zero-order chi connectivity index (χ0) is 14.5. The Morgan fingerprint density at radius 3 is 2.85 bits per heavy atom. The van der Waals surface area contributed by atoms with Crippen LogP contribution in [0.5, 0.6) is 0 Å². The molecule has 1 aromatic rings. The zero-order valence-corrected chi connectivity index (χ0v) is 12.7. The summed E-state index contributed by atoms with van der Waals surface area (Å²) in [6, 6.07) is 7.27. The molecule has 0 aromatic heterocycles. The van der Waals surface area contributed by atoms with Crippen LogP contribution >= 0.6 is 0 Å². The molecule has 1 fully saturated rings. The van der Waals surface area contributed by atoms with Crippen molar-refractivity contribution in [3.8, 4) is 0 Å². The van der Waals surface area contributed by atoms with E-state index in [2.05, 4.69) is 18.9 Å². The first-order valence-corrected chi connectivity index (χ1v) is 7.75. The molecular formula is C17H27FN2. The Bertz CT molecular complexity index is 421. The lowest BCUT2D eigenvalue weighted by Crippen LogP contribution is -2.44. The van der Waals surface area contributed by atoms with Crippen molar-refractivity contribution < 1.29 is 4.39 Å². The molecule has 3 atom stereocenters. The lowest BCUT2D eigenvalue weighted by molar-refractivity contribution is 0.125. The Kier molecular flexibility index (Phi) is 5.55. The molecular weight excluding hydrogens is 251 g/mol. The summed E-state index contributed by atoms with van der Waals surface area (Å²) >= 11 is 0. The molecule has 0 amide bonds. The maximum atomic E-state index is 13.3. The minimum Gasteiger partial charge on any atom is -0.329 e. The van der Waals surface area contributed by atoms with E-state index in [4.69, 9.17) is 5.73 Å². The highest BCUT2D eigenvalue weighted by Gasteiger charge is 2.28. The Balaban J connectivity index is 1.99. The molecule has 0 heterocycles. The van der Waals surface area contributed by atoms with E-state index in [0.717, 1.165) is 18.0 Å². The highest BCUT2D eigenvalue weighted by Crippen LogP contribution is 2.32. The van der Waals surface area contributed by atoms with Gasteiger partial charge in [0.1, 0.15) is 5.82 Å². The van der Waals surface area contributed by atoms with Gasteiger partial charge >= 0.3 is 0 Å². The Labute approximate surface area is 122 Å². The average molecular weight is 278 g/mol. The Morgan fingerprint density at radius 2 is 2.20 bits per heavy atom. The Hall–Kier alpha value is -0.930. The number of likely N-dealkylation sites (N-methyl/N-ethyl adjacent to an activating group) is 1. The summed E-state index contributed by atoms with van der Waals surface area (Å²) in [6.45, 7) is 3.79. The third-order valence-electron chi connectivity index (χ3n) is 4.65. The predicted octanol–water partition coefficient (Wildman–Crippen LogP) is 3.41. The molecule has 20 heavy (non-hydrogen) atoms. The number of hydrogen-bond acceptors (Lipinski definition) is 2. The predicted molar refractivity (Wildman–Crippen MR) is 81.8 cm³/mol. The number of halogens is 1. The van der Waals surface area contributed by atoms with Crippen LogP contribution in [0, 0.1) is 17.7 Å². The molecule has 3 heteroatoms. The number of benzene rings is 1. The van der Waals surface area contributed by atoms with Crippen molar-refractivity contribution in [1.29, 1.82) is 0 Å². The fourth-order valence-corrected chi connectivity index (χ4v) is 3.60. The van der Waals surface area contributed by atoms with Crippen molar-refractivity contribution >= 4 is 0 Å². The molecule has 1 saturated carbocycles. The maximum Gasteiger partial charge on any atom is 0.123 e. The fraction of sp³-hybridized carbons (Fsp3) is 0.647. The SMILES string of the molecule is CC1CCCC(C(CN)N(C)Cc2cccc(F)c2)C1. The van der Waals surface area contributed by atoms with Crippen molar-refractivity contribution in [1.82, 2.24) is 4.90 Å². The van der Waals surface area contributed by atoms with Gasteiger partial charge in [0.2, 0.25) is 0 Å². The molecule has 2 rings (SSSR count). The molecule has 1 aromatic carbocycles. The first-order chi connectivity index (χ1) is 9.60. The second-order valence-corrected chi connectivity index (χ2v) is 6.38. The zero-order valence-electron chi connectivity index (χ0n) is 12.7. The van der Waals surface area contributed by atoms with Crippen molar-refractivity contribution in [3.63, 3.8) is 0 Å². The summed E-state index contributed by atoms with van der Waals surface area (Å²) in [7, 11) is 2.11. The van der Waals surface area contributed by atoms with Gasteiger partial charge < -0.3 is 5.73 Å². The van der Waals surface area contributed by atoms with E-state index in [0.29, 0.717) is 18.5 Å². The number of rotatable bonds is 5. The standard InChI is InChI=1S/C17H27FN2/c1-13-5-3-7-15(9-13)17(11-19)20(2)12-14-6-4-8-16(18)10-14/h4,6,8,10,13,15,17H,3,5,7,9,11-12,19H2,1-2H3. The van der Waals surface area contributed by atoms with Crippen LogP contribution in [0.4, 0.5) is 4.39 Å². The molecule has 2 N–H and O–H groups in total. The first-order valence-electron chi connectivity index (χ1n) is 7.75. The number of nitrogens with two attached hydrogens (primary N) is 1. The minimum absolute atomic E-state index is 0.161. The summed E-state index contributed by atoms with van der Waals surface area (Å²) in [5.41, 5.74) is 7.04. The summed E-state index contributed by atoms with van der Waals surface area (Å²) in [5.74, 6) is 1.33. The summed E-state index contributed by atoms with van der Waals surface area (Å²) < 4.78 is 13.3. The van der Waals surface area contributed by atoms with Crippen LogP contribution in [0.1, 0.15) is 38.2 Å². The van der Waals surface area contributed by atoms with Gasteiger partial charge in [-0.15, -0.1) is 0 Å². The second kappa shape index (κ2) is 7.19. The molecule has 0 aliphatic heterocycles. The highest BCUT2D eigenvalue weighted by atomic mass is 19.1. The molecule has 0 bridgehead atoms. The molecule has 2 nitrogen and oxygen atoms in total. The van der Waals surface area contributed by atoms with Crippen LogP contribution in [0.15, 0.2) is 24.3 Å². The molecule has 1 aliphatic rings. The number of nitrogens with zero attached hydrogens (tertiary/aromatic N) is 1. The summed E-state index contributed by atoms with van der Waals surface area (Å²) in [4.78, 5) is 2.30. The quantitative estimate of drug-likeness (QED) is 0.894. The monoisotopic (exact) mass is 278 g/mol. The van der Waals surface area contributed by atoms with Crippen molar-refractivity contribution in [2.24, 2.45) is 17.6 Å². The topological polar surface area (TPSA) is 29.3 Å². The smallest absolute Gasteiger partial charge is 0.123 e. The molecule has 3 unspecified atom stereocenters. The summed E-state index contributed by atoms with van der Waals surface area (Å²) in [5, 5.41) is 0. The molecule has 1 aliphatic carbocycles. The van der Waals surface area contributed by atoms with E-state index in [1.165, 1.54) is 31.7 Å². The van der Waals surface area contributed by atoms with Crippen molar-refractivity contribution in [3.05, 3.63) is 35.6 Å². The second-order valence-electron chi connectivity index (χ2n) is 6.38. The van der Waals surface area contributed by atoms with Crippen LogP contribution in [0.3, 0.4) is 0 Å². The van der Waals surface area contributed by atoms with Crippen LogP contribution < -0.4 is 5.73 Å². The lowest BCUT2D eigenvalue weighted by Gasteiger charge is -2.38. The van der Waals surface area contributed by atoms with Gasteiger partial charge in [-0.2, -0.15) is 0 Å². The fourth-order valence-electron chi connectivity index (χ4n) is 3.60. The normalized spacial score (nSPS) is 24.9. The van der Waals surface area contributed by atoms with Gasteiger partial charge in [-0.1, -0.05) is 31.9 Å². The van der Waals surface area contributed by atoms with E-state index in [1.807, 2.05) is 6.07 Å². The lowest BCUT2D eigenvalue weighted by atomic mass is 9.78. The van der Waals surface area contributed by atoms with Gasteiger partial charge in [0.15, 0.2) is 0 Å². The van der Waals surface area contributed by atoms with Gasteiger partial charge in [0.05, 0.1) is 0 Å². The van der Waals surface area contributed by atoms with Crippen molar-refractivity contribution in [2.45, 2.75) is 45.2 Å². The van der Waals surface area contributed by atoms with Crippen LogP contribution in [0.2, 0.25) is 0 Å². The van der Waals surface area contributed by atoms with Gasteiger partial charge in [0.25, 0.3) is 0 Å². The largest absolute Gasteiger partial charge is 0.329 e. The molecule has 0 saturated heterocycles. The van der Waals surface area contributed by atoms with E-state index in [-0.39, 0.29) is 5.82 Å². The average Bonchev–Trinajstić information content (AvgIpc) is 2.39. The van der Waals surface area contributed by atoms with Crippen molar-refractivity contribution in [2.75, 3.05) is 13.6 Å². The van der Waals surface area contributed by atoms with Crippen LogP contribution in [-0.4, -0.2) is 24.5 Å². The van der Waals surface area contributed by atoms with Gasteiger partial charge in [-0.05, 0) is 49.4 Å². The molecule has 112 valence electrons. The highest BCUT2D eigenvalue weighted by molar-refractivity contribution is 5.16. The van der Waals surface area contributed by atoms with E-state index < -0.39 is 0 Å². The van der Waals surface area contributed by atoms with E-state index in [9.17, 15) is 4.39 Å². The third-order valence-corrected chi connectivity index (χ3v) is 4.65. The molecule has 0 radical (unpaired) electrons. The van der Waals surface area contributed by atoms with Gasteiger partial charge in [0, 0.05) is 19.1 Å². The summed E-state index contributed by atoms with van der Waals surface area (Å²) in [6.07, 6.45) is 5.21. The molecule has 0 spiro atoms. The number of hydrogen-bond donors (Lipinski definition) is 1. The van der Waals surface area contributed by atoms with E-state index >= 15 is 0 Å². The van der Waals surface area contributed by atoms with Crippen LogP contribution in [-0.2, 0) is 6.54 Å². The third kappa shape index (κ3) is 4.03. The van der Waals surface area contributed by atoms with Gasteiger partial charge in [-0.3, -0.25) is 4.90 Å². The van der Waals surface area contributed by atoms with E-state index in [1.54, 1.807) is 12.1 Å². The van der Waals surface area contributed by atoms with Gasteiger partial charge in [-0.25, -0.2) is 4.39 Å². The Morgan fingerprint density at radius 1 is 1.40 bits per heavy atom. The maximum absolute atomic E-state index is 13.3. The first kappa shape index (κ1) is 15.5. The minimum atomic E-state index is -0.161.